The van der Waals surface area contributed by atoms with Crippen LogP contribution < -0.4 is 0 Å². The molecule has 0 bridgehead atoms. The molecule has 2 aromatic rings. The molecule has 0 spiro atoms. The lowest BCUT2D eigenvalue weighted by molar-refractivity contribution is 0.309. The molecular weight excluding hydrogens is 270 g/mol. The van der Waals surface area contributed by atoms with Gasteiger partial charge in [0, 0.05) is 31.4 Å². The summed E-state index contributed by atoms with van der Waals surface area (Å²) in [6.45, 7) is 4.25. The smallest absolute Gasteiger partial charge is 0.111 e. The second-order valence-electron chi connectivity index (χ2n) is 5.77. The van der Waals surface area contributed by atoms with Crippen molar-refractivity contribution in [3.63, 3.8) is 0 Å². The van der Waals surface area contributed by atoms with Crippen molar-refractivity contribution in [2.24, 2.45) is 0 Å². The molecule has 1 aromatic heterocycles. The number of halogens is 1. The van der Waals surface area contributed by atoms with Crippen LogP contribution in [0.25, 0.3) is 11.0 Å². The minimum absolute atomic E-state index is 0.626. The van der Waals surface area contributed by atoms with E-state index in [4.69, 9.17) is 16.6 Å². The summed E-state index contributed by atoms with van der Waals surface area (Å²) in [5, 5.41) is 0. The van der Waals surface area contributed by atoms with Gasteiger partial charge in [0.2, 0.25) is 0 Å². The molecule has 0 radical (unpaired) electrons. The second kappa shape index (κ2) is 5.74. The number of para-hydroxylation sites is 1. The van der Waals surface area contributed by atoms with Crippen LogP contribution >= 0.6 is 11.6 Å². The summed E-state index contributed by atoms with van der Waals surface area (Å²) in [5.41, 5.74) is 3.67. The zero-order valence-electron chi connectivity index (χ0n) is 12.3. The largest absolute Gasteiger partial charge is 0.326 e. The van der Waals surface area contributed by atoms with Gasteiger partial charge in [-0.1, -0.05) is 12.1 Å². The van der Waals surface area contributed by atoms with Crippen LogP contribution in [-0.2, 0) is 13.0 Å². The fourth-order valence-electron chi connectivity index (χ4n) is 2.89. The van der Waals surface area contributed by atoms with Crippen molar-refractivity contribution in [2.45, 2.75) is 38.8 Å². The van der Waals surface area contributed by atoms with Gasteiger partial charge < -0.3 is 9.47 Å². The monoisotopic (exact) mass is 291 g/mol. The molecule has 4 heteroatoms. The van der Waals surface area contributed by atoms with Gasteiger partial charge in [-0.05, 0) is 38.4 Å². The standard InChI is InChI=1S/C16H22ClN3/c1-12-4-3-5-14-16(12)20(15(18-14)8-9-17)11-10-19(2)13-6-7-13/h3-5,13H,6-11H2,1-2H3. The molecule has 3 rings (SSSR count). The molecule has 1 saturated carbocycles. The SMILES string of the molecule is Cc1cccc2nc(CCCl)n(CCN(C)C3CC3)c12. The molecule has 1 fully saturated rings. The van der Waals surface area contributed by atoms with Crippen LogP contribution in [0.1, 0.15) is 24.2 Å². The lowest BCUT2D eigenvalue weighted by Gasteiger charge is -2.17. The molecule has 108 valence electrons. The molecule has 1 aliphatic rings. The topological polar surface area (TPSA) is 21.1 Å². The Hall–Kier alpha value is -1.06. The number of fused-ring (bicyclic) bond motifs is 1. The molecule has 1 aromatic carbocycles. The van der Waals surface area contributed by atoms with Gasteiger partial charge in [-0.3, -0.25) is 0 Å². The van der Waals surface area contributed by atoms with Crippen molar-refractivity contribution in [1.82, 2.24) is 14.5 Å². The fraction of sp³-hybridized carbons (Fsp3) is 0.562. The Labute approximate surface area is 125 Å². The van der Waals surface area contributed by atoms with Gasteiger partial charge in [0.15, 0.2) is 0 Å². The van der Waals surface area contributed by atoms with Gasteiger partial charge in [-0.15, -0.1) is 11.6 Å². The number of imidazole rings is 1. The Kier molecular flexibility index (Phi) is 3.99. The van der Waals surface area contributed by atoms with E-state index in [0.717, 1.165) is 36.9 Å². The molecule has 0 atom stereocenters. The highest BCUT2D eigenvalue weighted by atomic mass is 35.5. The van der Waals surface area contributed by atoms with E-state index in [9.17, 15) is 0 Å². The highest BCUT2D eigenvalue weighted by Gasteiger charge is 2.26. The van der Waals surface area contributed by atoms with Gasteiger partial charge >= 0.3 is 0 Å². The van der Waals surface area contributed by atoms with E-state index < -0.39 is 0 Å². The van der Waals surface area contributed by atoms with Crippen LogP contribution in [0, 0.1) is 6.92 Å². The molecule has 0 amide bonds. The quantitative estimate of drug-likeness (QED) is 0.762. The first-order valence-electron chi connectivity index (χ1n) is 7.41. The molecule has 0 unspecified atom stereocenters. The van der Waals surface area contributed by atoms with Crippen molar-refractivity contribution in [2.75, 3.05) is 19.5 Å². The Morgan fingerprint density at radius 3 is 2.90 bits per heavy atom. The maximum absolute atomic E-state index is 5.93. The van der Waals surface area contributed by atoms with E-state index in [-0.39, 0.29) is 0 Å². The van der Waals surface area contributed by atoms with Crippen LogP contribution in [0.5, 0.6) is 0 Å². The zero-order valence-corrected chi connectivity index (χ0v) is 13.0. The van der Waals surface area contributed by atoms with E-state index in [1.165, 1.54) is 23.9 Å². The normalized spacial score (nSPS) is 15.4. The van der Waals surface area contributed by atoms with Crippen LogP contribution in [0.2, 0.25) is 0 Å². The van der Waals surface area contributed by atoms with E-state index in [1.54, 1.807) is 0 Å². The molecule has 0 saturated heterocycles. The number of rotatable bonds is 6. The minimum Gasteiger partial charge on any atom is -0.326 e. The summed E-state index contributed by atoms with van der Waals surface area (Å²) >= 11 is 5.93. The Balaban J connectivity index is 1.90. The Morgan fingerprint density at radius 1 is 1.40 bits per heavy atom. The summed E-state index contributed by atoms with van der Waals surface area (Å²) in [6.07, 6.45) is 3.55. The fourth-order valence-corrected chi connectivity index (χ4v) is 3.05. The van der Waals surface area contributed by atoms with Gasteiger partial charge in [0.05, 0.1) is 11.0 Å². The molecule has 0 N–H and O–H groups in total. The van der Waals surface area contributed by atoms with Crippen LogP contribution in [0.15, 0.2) is 18.2 Å². The number of aromatic nitrogens is 2. The van der Waals surface area contributed by atoms with Gasteiger partial charge in [0.1, 0.15) is 5.82 Å². The minimum atomic E-state index is 0.626. The van der Waals surface area contributed by atoms with Crippen molar-refractivity contribution < 1.29 is 0 Å². The first kappa shape index (κ1) is 13.9. The summed E-state index contributed by atoms with van der Waals surface area (Å²) in [5.74, 6) is 1.74. The van der Waals surface area contributed by atoms with Gasteiger partial charge in [-0.2, -0.15) is 0 Å². The van der Waals surface area contributed by atoms with E-state index in [1.807, 2.05) is 0 Å². The number of aryl methyl sites for hydroxylation is 2. The van der Waals surface area contributed by atoms with Crippen molar-refractivity contribution in [3.8, 4) is 0 Å². The van der Waals surface area contributed by atoms with Gasteiger partial charge in [-0.25, -0.2) is 4.98 Å². The summed E-state index contributed by atoms with van der Waals surface area (Å²) < 4.78 is 2.37. The van der Waals surface area contributed by atoms with Gasteiger partial charge in [0.25, 0.3) is 0 Å². The first-order valence-corrected chi connectivity index (χ1v) is 7.95. The molecular formula is C16H22ClN3. The molecule has 20 heavy (non-hydrogen) atoms. The second-order valence-corrected chi connectivity index (χ2v) is 6.15. The molecule has 1 aliphatic carbocycles. The predicted octanol–water partition coefficient (Wildman–Crippen LogP) is 3.22. The third kappa shape index (κ3) is 2.70. The Bertz CT molecular complexity index is 601. The van der Waals surface area contributed by atoms with Crippen molar-refractivity contribution in [1.29, 1.82) is 0 Å². The number of hydrogen-bond donors (Lipinski definition) is 0. The third-order valence-corrected chi connectivity index (χ3v) is 4.40. The number of alkyl halides is 1. The van der Waals surface area contributed by atoms with Crippen LogP contribution in [0.4, 0.5) is 0 Å². The van der Waals surface area contributed by atoms with Crippen molar-refractivity contribution in [3.05, 3.63) is 29.6 Å². The first-order chi connectivity index (χ1) is 9.70. The predicted molar refractivity (Wildman–Crippen MR) is 84.5 cm³/mol. The third-order valence-electron chi connectivity index (χ3n) is 4.21. The molecule has 1 heterocycles. The number of likely N-dealkylation sites (N-methyl/N-ethyl adjacent to an activating group) is 1. The van der Waals surface area contributed by atoms with Crippen LogP contribution in [-0.4, -0.2) is 40.0 Å². The van der Waals surface area contributed by atoms with E-state index in [2.05, 4.69) is 41.6 Å². The average molecular weight is 292 g/mol. The number of hydrogen-bond acceptors (Lipinski definition) is 2. The highest BCUT2D eigenvalue weighted by Crippen LogP contribution is 2.26. The van der Waals surface area contributed by atoms with E-state index >= 15 is 0 Å². The van der Waals surface area contributed by atoms with Crippen LogP contribution in [0.3, 0.4) is 0 Å². The molecule has 0 aliphatic heterocycles. The number of benzene rings is 1. The van der Waals surface area contributed by atoms with Crippen molar-refractivity contribution >= 4 is 22.6 Å². The maximum Gasteiger partial charge on any atom is 0.111 e. The lowest BCUT2D eigenvalue weighted by atomic mass is 10.2. The Morgan fingerprint density at radius 2 is 2.20 bits per heavy atom. The zero-order chi connectivity index (χ0) is 14.1. The summed E-state index contributed by atoms with van der Waals surface area (Å²) in [7, 11) is 2.23. The highest BCUT2D eigenvalue weighted by molar-refractivity contribution is 6.17. The number of nitrogens with zero attached hydrogens (tertiary/aromatic N) is 3. The molecule has 3 nitrogen and oxygen atoms in total. The summed E-state index contributed by atoms with van der Waals surface area (Å²) in [6, 6.07) is 7.15. The summed E-state index contributed by atoms with van der Waals surface area (Å²) in [4.78, 5) is 7.23. The van der Waals surface area contributed by atoms with E-state index in [0.29, 0.717) is 5.88 Å². The average Bonchev–Trinajstić information content (AvgIpc) is 3.21. The lowest BCUT2D eigenvalue weighted by Crippen LogP contribution is -2.26. The maximum atomic E-state index is 5.93.